The second-order valence-electron chi connectivity index (χ2n) is 11.9. The number of nitrogen functional groups attached to an aromatic ring is 1. The molecule has 43 heavy (non-hydrogen) atoms. The van der Waals surface area contributed by atoms with Crippen LogP contribution in [0.2, 0.25) is 0 Å². The van der Waals surface area contributed by atoms with Crippen LogP contribution in [-0.2, 0) is 25.6 Å². The molecule has 0 amide bonds. The van der Waals surface area contributed by atoms with Crippen LogP contribution < -0.4 is 17.0 Å². The topological polar surface area (TPSA) is 168 Å². The van der Waals surface area contributed by atoms with Gasteiger partial charge in [-0.05, 0) is 18.8 Å². The van der Waals surface area contributed by atoms with Crippen molar-refractivity contribution in [1.82, 2.24) is 19.5 Å². The van der Waals surface area contributed by atoms with E-state index in [1.807, 2.05) is 13.8 Å². The molecule has 11 nitrogen and oxygen atoms in total. The van der Waals surface area contributed by atoms with Crippen LogP contribution in [0.1, 0.15) is 124 Å². The van der Waals surface area contributed by atoms with Crippen LogP contribution in [0.15, 0.2) is 11.1 Å². The Morgan fingerprint density at radius 1 is 0.953 bits per heavy atom. The Morgan fingerprint density at radius 3 is 2.16 bits per heavy atom. The quantitative estimate of drug-likeness (QED) is 0.101. The number of hydrogen-bond acceptors (Lipinski definition) is 9. The molecule has 0 aliphatic heterocycles. The summed E-state index contributed by atoms with van der Waals surface area (Å²) < 4.78 is 12.8. The van der Waals surface area contributed by atoms with Gasteiger partial charge in [0.2, 0.25) is 5.95 Å². The third-order valence-corrected chi connectivity index (χ3v) is 8.21. The maximum atomic E-state index is 12.5. The fraction of sp³-hybridized carbons (Fsp3) is 0.781. The highest BCUT2D eigenvalue weighted by molar-refractivity contribution is 5.75. The van der Waals surface area contributed by atoms with Crippen LogP contribution in [0.25, 0.3) is 11.2 Å². The van der Waals surface area contributed by atoms with Crippen molar-refractivity contribution in [2.24, 2.45) is 17.6 Å². The van der Waals surface area contributed by atoms with Gasteiger partial charge in [0, 0.05) is 18.9 Å². The lowest BCUT2D eigenvalue weighted by atomic mass is 10.0. The number of nitrogens with two attached hydrogens (primary N) is 2. The Hall–Kier alpha value is -2.95. The second kappa shape index (κ2) is 20.9. The fourth-order valence-electron chi connectivity index (χ4n) is 5.09. The number of carbonyl (C=O) groups is 2. The molecule has 0 bridgehead atoms. The zero-order valence-electron chi connectivity index (χ0n) is 26.8. The first-order chi connectivity index (χ1) is 20.8. The maximum Gasteiger partial charge on any atom is 0.323 e. The summed E-state index contributed by atoms with van der Waals surface area (Å²) in [7, 11) is 0. The van der Waals surface area contributed by atoms with E-state index in [2.05, 4.69) is 21.9 Å². The molecule has 2 rings (SSSR count). The minimum atomic E-state index is -0.682. The number of carbonyl (C=O) groups excluding carboxylic acids is 2. The first-order valence-corrected chi connectivity index (χ1v) is 16.5. The number of fused-ring (bicyclic) bond motifs is 1. The summed E-state index contributed by atoms with van der Waals surface area (Å²) in [5.41, 5.74) is 11.8. The number of anilines is 1. The van der Waals surface area contributed by atoms with E-state index in [-0.39, 0.29) is 42.5 Å². The maximum absolute atomic E-state index is 12.5. The molecule has 3 atom stereocenters. The Kier molecular flexibility index (Phi) is 17.6. The average Bonchev–Trinajstić information content (AvgIpc) is 3.39. The van der Waals surface area contributed by atoms with E-state index in [0.717, 1.165) is 25.7 Å². The summed E-state index contributed by atoms with van der Waals surface area (Å²) in [6.07, 6.45) is 19.3. The van der Waals surface area contributed by atoms with Gasteiger partial charge in [-0.25, -0.2) is 4.98 Å². The lowest BCUT2D eigenvalue weighted by Crippen LogP contribution is -2.38. The van der Waals surface area contributed by atoms with Gasteiger partial charge in [-0.15, -0.1) is 0 Å². The lowest BCUT2D eigenvalue weighted by molar-refractivity contribution is -0.149. The van der Waals surface area contributed by atoms with Crippen molar-refractivity contribution in [3.63, 3.8) is 0 Å². The average molecular weight is 605 g/mol. The van der Waals surface area contributed by atoms with Crippen molar-refractivity contribution in [1.29, 1.82) is 0 Å². The van der Waals surface area contributed by atoms with Gasteiger partial charge >= 0.3 is 11.9 Å². The van der Waals surface area contributed by atoms with E-state index in [9.17, 15) is 14.4 Å². The molecule has 244 valence electrons. The largest absolute Gasteiger partial charge is 0.465 e. The minimum Gasteiger partial charge on any atom is -0.465 e. The van der Waals surface area contributed by atoms with E-state index in [1.54, 1.807) is 4.57 Å². The first-order valence-electron chi connectivity index (χ1n) is 16.5. The molecule has 0 aliphatic rings. The number of unbranched alkanes of at least 4 members (excludes halogenated alkanes) is 12. The number of nitrogens with zero attached hydrogens (tertiary/aromatic N) is 3. The summed E-state index contributed by atoms with van der Waals surface area (Å²) in [6, 6.07) is -0.682. The number of rotatable bonds is 24. The summed E-state index contributed by atoms with van der Waals surface area (Å²) in [6.45, 7) is 6.77. The number of ether oxygens (including phenoxy) is 2. The summed E-state index contributed by atoms with van der Waals surface area (Å²) in [5.74, 6) is -0.878. The number of imidazole rings is 1. The van der Waals surface area contributed by atoms with Gasteiger partial charge in [-0.3, -0.25) is 19.4 Å². The van der Waals surface area contributed by atoms with Crippen molar-refractivity contribution < 1.29 is 19.1 Å². The molecule has 2 heterocycles. The molecule has 1 unspecified atom stereocenters. The third kappa shape index (κ3) is 13.9. The normalized spacial score (nSPS) is 13.6. The van der Waals surface area contributed by atoms with Gasteiger partial charge in [-0.1, -0.05) is 104 Å². The summed E-state index contributed by atoms with van der Waals surface area (Å²) >= 11 is 0. The third-order valence-electron chi connectivity index (χ3n) is 8.21. The molecule has 5 N–H and O–H groups in total. The highest BCUT2D eigenvalue weighted by atomic mass is 16.5. The molecule has 0 saturated carbocycles. The van der Waals surface area contributed by atoms with Crippen molar-refractivity contribution in [3.05, 3.63) is 16.7 Å². The number of H-pyrrole nitrogens is 1. The van der Waals surface area contributed by atoms with Crippen molar-refractivity contribution >= 4 is 29.1 Å². The molecule has 0 fully saturated rings. The van der Waals surface area contributed by atoms with Gasteiger partial charge < -0.3 is 25.5 Å². The number of esters is 2. The highest BCUT2D eigenvalue weighted by Gasteiger charge is 2.22. The van der Waals surface area contributed by atoms with Gasteiger partial charge in [-0.2, -0.15) is 4.98 Å². The summed E-state index contributed by atoms with van der Waals surface area (Å²) in [5, 5.41) is 0. The van der Waals surface area contributed by atoms with Gasteiger partial charge in [0.05, 0.1) is 19.5 Å². The van der Waals surface area contributed by atoms with Crippen LogP contribution in [0.5, 0.6) is 0 Å². The monoisotopic (exact) mass is 604 g/mol. The minimum absolute atomic E-state index is 0.00649. The number of nitrogens with one attached hydrogen (secondary N) is 1. The van der Waals surface area contributed by atoms with Gasteiger partial charge in [0.25, 0.3) is 5.56 Å². The SMILES string of the molecule is CCCCCCCCCCCCCCCC(=O)OCC(CCOC(=O)[C@@H](N)[C@@H](C)CC)Cn1cnc2c(=O)[nH]c(N)nc21. The van der Waals surface area contributed by atoms with Crippen LogP contribution in [0.4, 0.5) is 5.95 Å². The molecule has 2 aromatic heterocycles. The van der Waals surface area contributed by atoms with E-state index < -0.39 is 17.6 Å². The van der Waals surface area contributed by atoms with E-state index in [1.165, 1.54) is 70.5 Å². The van der Waals surface area contributed by atoms with Gasteiger partial charge in [0.15, 0.2) is 11.2 Å². The fourth-order valence-corrected chi connectivity index (χ4v) is 5.09. The Labute approximate surface area is 256 Å². The van der Waals surface area contributed by atoms with Crippen molar-refractivity contribution in [3.8, 4) is 0 Å². The number of hydrogen-bond donors (Lipinski definition) is 3. The molecule has 0 aromatic carbocycles. The molecule has 11 heteroatoms. The smallest absolute Gasteiger partial charge is 0.323 e. The number of aromatic amines is 1. The van der Waals surface area contributed by atoms with Crippen LogP contribution >= 0.6 is 0 Å². The first kappa shape index (κ1) is 36.2. The van der Waals surface area contributed by atoms with Crippen LogP contribution in [0, 0.1) is 11.8 Å². The molecular weight excluding hydrogens is 548 g/mol. The molecular formula is C32H56N6O5. The summed E-state index contributed by atoms with van der Waals surface area (Å²) in [4.78, 5) is 47.9. The highest BCUT2D eigenvalue weighted by Crippen LogP contribution is 2.16. The zero-order valence-corrected chi connectivity index (χ0v) is 26.8. The molecule has 0 saturated heterocycles. The molecule has 0 radical (unpaired) electrons. The van der Waals surface area contributed by atoms with Crippen LogP contribution in [-0.4, -0.2) is 50.7 Å². The molecule has 0 spiro atoms. The predicted octanol–water partition coefficient (Wildman–Crippen LogP) is 5.65. The number of aromatic nitrogens is 4. The van der Waals surface area contributed by atoms with E-state index in [4.69, 9.17) is 20.9 Å². The van der Waals surface area contributed by atoms with Crippen molar-refractivity contribution in [2.75, 3.05) is 18.9 Å². The molecule has 2 aromatic rings. The zero-order chi connectivity index (χ0) is 31.5. The predicted molar refractivity (Wildman–Crippen MR) is 170 cm³/mol. The van der Waals surface area contributed by atoms with Gasteiger partial charge in [0.1, 0.15) is 6.04 Å². The Morgan fingerprint density at radius 2 is 1.56 bits per heavy atom. The van der Waals surface area contributed by atoms with Crippen molar-refractivity contribution in [2.45, 2.75) is 136 Å². The second-order valence-corrected chi connectivity index (χ2v) is 11.9. The van der Waals surface area contributed by atoms with Crippen LogP contribution in [0.3, 0.4) is 0 Å². The molecule has 0 aliphatic carbocycles. The Balaban J connectivity index is 1.76. The van der Waals surface area contributed by atoms with E-state index in [0.29, 0.717) is 25.0 Å². The lowest BCUT2D eigenvalue weighted by Gasteiger charge is -2.20. The standard InChI is InChI=1S/C32H56N6O5/c1-4-6-7-8-9-10-11-12-13-14-15-16-17-18-26(39)43-22-25(19-20-42-31(41)27(33)24(3)5-2)21-38-23-35-28-29(38)36-32(34)37-30(28)40/h23-25,27H,4-22,33H2,1-3H3,(H3,34,36,37,40)/t24-,25?,27-/m0/s1. The Bertz CT molecular complexity index is 1130. The van der Waals surface area contributed by atoms with E-state index >= 15 is 0 Å².